The van der Waals surface area contributed by atoms with Crippen LogP contribution in [0.2, 0.25) is 0 Å². The van der Waals surface area contributed by atoms with Crippen LogP contribution >= 0.6 is 0 Å². The Morgan fingerprint density at radius 3 is 1.96 bits per heavy atom. The summed E-state index contributed by atoms with van der Waals surface area (Å²) < 4.78 is 33.0. The van der Waals surface area contributed by atoms with Crippen LogP contribution in [0.4, 0.5) is 14.5 Å². The maximum absolute atomic E-state index is 14.1. The normalized spacial score (nSPS) is 11.8. The number of carbonyl (C=O) groups is 2. The van der Waals surface area contributed by atoms with E-state index in [2.05, 4.69) is 0 Å². The highest BCUT2D eigenvalue weighted by Crippen LogP contribution is 2.29. The minimum atomic E-state index is -1.06. The highest BCUT2D eigenvalue weighted by atomic mass is 19.1. The van der Waals surface area contributed by atoms with Crippen LogP contribution in [-0.2, 0) is 9.53 Å². The smallest absolute Gasteiger partial charge is 0.328 e. The molecule has 1 atom stereocenters. The quantitative estimate of drug-likeness (QED) is 0.791. The largest absolute Gasteiger partial charge is 0.467 e. The summed E-state index contributed by atoms with van der Waals surface area (Å²) in [7, 11) is 1.19. The molecule has 0 saturated heterocycles. The molecule has 2 aromatic rings. The van der Waals surface area contributed by atoms with Crippen LogP contribution in [0, 0.1) is 25.5 Å². The summed E-state index contributed by atoms with van der Waals surface area (Å²) in [4.78, 5) is 26.1. The molecular formula is C19H19F2NO3. The average Bonchev–Trinajstić information content (AvgIpc) is 2.56. The summed E-state index contributed by atoms with van der Waals surface area (Å²) in [6, 6.07) is 7.42. The van der Waals surface area contributed by atoms with Crippen LogP contribution in [0.25, 0.3) is 0 Å². The number of methoxy groups -OCH3 is 1. The molecule has 0 fully saturated rings. The van der Waals surface area contributed by atoms with E-state index in [1.165, 1.54) is 20.1 Å². The number of esters is 1. The second kappa shape index (κ2) is 7.42. The van der Waals surface area contributed by atoms with Gasteiger partial charge in [0.1, 0.15) is 23.2 Å². The molecule has 4 nitrogen and oxygen atoms in total. The Kier molecular flexibility index (Phi) is 5.51. The second-order valence-electron chi connectivity index (χ2n) is 5.71. The topological polar surface area (TPSA) is 46.6 Å². The van der Waals surface area contributed by atoms with Crippen LogP contribution in [0.3, 0.4) is 0 Å². The van der Waals surface area contributed by atoms with Crippen molar-refractivity contribution < 1.29 is 23.1 Å². The molecular weight excluding hydrogens is 328 g/mol. The number of benzene rings is 2. The van der Waals surface area contributed by atoms with E-state index in [0.717, 1.165) is 17.0 Å². The molecule has 0 heterocycles. The first-order valence-electron chi connectivity index (χ1n) is 7.71. The number of halogens is 2. The number of amides is 1. The summed E-state index contributed by atoms with van der Waals surface area (Å²) in [5.74, 6) is -3.60. The molecule has 0 saturated carbocycles. The minimum Gasteiger partial charge on any atom is -0.467 e. The van der Waals surface area contributed by atoms with Crippen molar-refractivity contribution in [2.45, 2.75) is 26.8 Å². The fourth-order valence-electron chi connectivity index (χ4n) is 2.76. The van der Waals surface area contributed by atoms with Gasteiger partial charge in [-0.25, -0.2) is 13.6 Å². The van der Waals surface area contributed by atoms with Crippen LogP contribution < -0.4 is 4.90 Å². The van der Waals surface area contributed by atoms with Gasteiger partial charge in [0.15, 0.2) is 0 Å². The highest BCUT2D eigenvalue weighted by Gasteiger charge is 2.33. The number of hydrogen-bond donors (Lipinski definition) is 0. The van der Waals surface area contributed by atoms with Gasteiger partial charge in [0.2, 0.25) is 0 Å². The van der Waals surface area contributed by atoms with E-state index >= 15 is 0 Å². The molecule has 0 N–H and O–H groups in total. The van der Waals surface area contributed by atoms with E-state index in [1.54, 1.807) is 32.0 Å². The molecule has 0 spiro atoms. The van der Waals surface area contributed by atoms with Crippen molar-refractivity contribution in [3.8, 4) is 0 Å². The van der Waals surface area contributed by atoms with Gasteiger partial charge in [-0.15, -0.1) is 0 Å². The summed E-state index contributed by atoms with van der Waals surface area (Å²) in [6.45, 7) is 4.96. The fourth-order valence-corrected chi connectivity index (χ4v) is 2.76. The van der Waals surface area contributed by atoms with Gasteiger partial charge in [0.25, 0.3) is 5.91 Å². The molecule has 0 aliphatic rings. The molecule has 2 rings (SSSR count). The van der Waals surface area contributed by atoms with Gasteiger partial charge in [-0.3, -0.25) is 9.69 Å². The molecule has 25 heavy (non-hydrogen) atoms. The zero-order valence-electron chi connectivity index (χ0n) is 14.5. The van der Waals surface area contributed by atoms with Crippen molar-refractivity contribution in [3.05, 3.63) is 64.7 Å². The van der Waals surface area contributed by atoms with E-state index in [0.29, 0.717) is 16.8 Å². The third-order valence-electron chi connectivity index (χ3n) is 4.01. The van der Waals surface area contributed by atoms with Gasteiger partial charge in [0.05, 0.1) is 12.8 Å². The zero-order chi connectivity index (χ0) is 18.7. The van der Waals surface area contributed by atoms with Gasteiger partial charge in [-0.2, -0.15) is 0 Å². The first-order valence-corrected chi connectivity index (χ1v) is 7.71. The molecule has 132 valence electrons. The summed E-state index contributed by atoms with van der Waals surface area (Å²) in [5, 5.41) is 0. The number of ether oxygens (including phenoxy) is 1. The number of carbonyl (C=O) groups excluding carboxylic acids is 2. The third-order valence-corrected chi connectivity index (χ3v) is 4.01. The average molecular weight is 347 g/mol. The van der Waals surface area contributed by atoms with Gasteiger partial charge < -0.3 is 4.74 Å². The van der Waals surface area contributed by atoms with Crippen LogP contribution in [0.5, 0.6) is 0 Å². The van der Waals surface area contributed by atoms with Gasteiger partial charge >= 0.3 is 5.97 Å². The van der Waals surface area contributed by atoms with Crippen molar-refractivity contribution >= 4 is 17.6 Å². The second-order valence-corrected chi connectivity index (χ2v) is 5.71. The lowest BCUT2D eigenvalue weighted by Crippen LogP contribution is -2.45. The Balaban J connectivity index is 2.68. The molecule has 6 heteroatoms. The predicted octanol–water partition coefficient (Wildman–Crippen LogP) is 3.79. The number of rotatable bonds is 4. The van der Waals surface area contributed by atoms with Crippen molar-refractivity contribution in [2.75, 3.05) is 12.0 Å². The maximum Gasteiger partial charge on any atom is 0.328 e. The summed E-state index contributed by atoms with van der Waals surface area (Å²) >= 11 is 0. The van der Waals surface area contributed by atoms with Crippen molar-refractivity contribution in [3.63, 3.8) is 0 Å². The third kappa shape index (κ3) is 3.52. The van der Waals surface area contributed by atoms with Crippen molar-refractivity contribution in [2.24, 2.45) is 0 Å². The highest BCUT2D eigenvalue weighted by molar-refractivity contribution is 6.10. The molecule has 0 radical (unpaired) electrons. The number of anilines is 1. The molecule has 1 amide bonds. The molecule has 0 aliphatic heterocycles. The van der Waals surface area contributed by atoms with E-state index in [9.17, 15) is 18.4 Å². The van der Waals surface area contributed by atoms with Crippen LogP contribution in [0.1, 0.15) is 28.4 Å². The van der Waals surface area contributed by atoms with Gasteiger partial charge in [0, 0.05) is 0 Å². The van der Waals surface area contributed by atoms with E-state index in [-0.39, 0.29) is 0 Å². The summed E-state index contributed by atoms with van der Waals surface area (Å²) in [5.41, 5.74) is 1.11. The Hall–Kier alpha value is -2.76. The van der Waals surface area contributed by atoms with Crippen molar-refractivity contribution in [1.29, 1.82) is 0 Å². The molecule has 0 bridgehead atoms. The fraction of sp³-hybridized carbons (Fsp3) is 0.263. The molecule has 0 aromatic heterocycles. The molecule has 1 unspecified atom stereocenters. The Bertz CT molecular complexity index is 780. The maximum atomic E-state index is 14.1. The number of hydrogen-bond acceptors (Lipinski definition) is 3. The standard InChI is InChI=1S/C19H19F2NO3/c1-11-7-5-8-12(2)17(11)22(13(3)19(24)25-4)18(23)16-14(20)9-6-10-15(16)21/h5-10,13H,1-4H3. The van der Waals surface area contributed by atoms with Crippen LogP contribution in [0.15, 0.2) is 36.4 Å². The summed E-state index contributed by atoms with van der Waals surface area (Å²) in [6.07, 6.45) is 0. The lowest BCUT2D eigenvalue weighted by Gasteiger charge is -2.30. The number of para-hydroxylation sites is 1. The lowest BCUT2D eigenvalue weighted by atomic mass is 10.0. The predicted molar refractivity (Wildman–Crippen MR) is 90.6 cm³/mol. The molecule has 2 aromatic carbocycles. The SMILES string of the molecule is COC(=O)C(C)N(C(=O)c1c(F)cccc1F)c1c(C)cccc1C. The van der Waals surface area contributed by atoms with E-state index in [1.807, 2.05) is 0 Å². The van der Waals surface area contributed by atoms with E-state index < -0.39 is 35.1 Å². The first kappa shape index (κ1) is 18.6. The first-order chi connectivity index (χ1) is 11.8. The zero-order valence-corrected chi connectivity index (χ0v) is 14.5. The minimum absolute atomic E-state index is 0.424. The number of aryl methyl sites for hydroxylation is 2. The number of nitrogens with zero attached hydrogens (tertiary/aromatic N) is 1. The van der Waals surface area contributed by atoms with E-state index in [4.69, 9.17) is 4.74 Å². The van der Waals surface area contributed by atoms with Gasteiger partial charge in [-0.1, -0.05) is 24.3 Å². The Morgan fingerprint density at radius 2 is 1.48 bits per heavy atom. The Labute approximate surface area is 145 Å². The lowest BCUT2D eigenvalue weighted by molar-refractivity contribution is -0.141. The van der Waals surface area contributed by atoms with Crippen molar-refractivity contribution in [1.82, 2.24) is 0 Å². The molecule has 0 aliphatic carbocycles. The van der Waals surface area contributed by atoms with Gasteiger partial charge in [-0.05, 0) is 44.0 Å². The monoisotopic (exact) mass is 347 g/mol. The Morgan fingerprint density at radius 1 is 1.00 bits per heavy atom. The van der Waals surface area contributed by atoms with Crippen LogP contribution in [-0.4, -0.2) is 25.0 Å².